The minimum Gasteiger partial charge on any atom is -0.731 e. The second-order valence-corrected chi connectivity index (χ2v) is 9.83. The van der Waals surface area contributed by atoms with Crippen LogP contribution in [0.15, 0.2) is 59.8 Å². The van der Waals surface area contributed by atoms with Gasteiger partial charge in [0.2, 0.25) is 5.16 Å². The number of nitrogens with one attached hydrogen (secondary N) is 1. The van der Waals surface area contributed by atoms with E-state index in [0.29, 0.717) is 22.9 Å². The van der Waals surface area contributed by atoms with Gasteiger partial charge in [-0.05, 0) is 59.5 Å². The number of para-hydroxylation sites is 1. The normalized spacial score (nSPS) is 11.6. The molecule has 36 heavy (non-hydrogen) atoms. The van der Waals surface area contributed by atoms with E-state index in [0.717, 1.165) is 5.69 Å². The number of carbonyl (C=O) groups is 2. The summed E-state index contributed by atoms with van der Waals surface area (Å²) < 4.78 is 46.0. The van der Waals surface area contributed by atoms with Gasteiger partial charge in [-0.15, -0.1) is 5.10 Å². The average molecular weight is 535 g/mol. The number of aromatic nitrogens is 4. The van der Waals surface area contributed by atoms with E-state index in [1.807, 2.05) is 35.1 Å². The Morgan fingerprint density at radius 2 is 1.69 bits per heavy atom. The van der Waals surface area contributed by atoms with Gasteiger partial charge in [-0.25, -0.2) is 8.42 Å². The Hall–Kier alpha value is -3.49. The first-order chi connectivity index (χ1) is 17.2. The van der Waals surface area contributed by atoms with Gasteiger partial charge >= 0.3 is 11.9 Å². The van der Waals surface area contributed by atoms with E-state index >= 15 is 0 Å². The van der Waals surface area contributed by atoms with Crippen LogP contribution in [0, 0.1) is 5.41 Å². The lowest BCUT2D eigenvalue weighted by Crippen LogP contribution is -2.43. The molecule has 0 spiro atoms. The van der Waals surface area contributed by atoms with Gasteiger partial charge in [-0.2, -0.15) is 4.68 Å². The van der Waals surface area contributed by atoms with Crippen LogP contribution >= 0.6 is 11.8 Å². The van der Waals surface area contributed by atoms with E-state index in [9.17, 15) is 22.6 Å². The molecular formula is C22H24N5O7S2-. The molecule has 0 unspecified atom stereocenters. The highest BCUT2D eigenvalue weighted by molar-refractivity contribution is 7.99. The number of tetrazole rings is 1. The number of hydrogen-bond donors (Lipinski definition) is 1. The summed E-state index contributed by atoms with van der Waals surface area (Å²) in [7, 11) is -2.30. The van der Waals surface area contributed by atoms with Crippen LogP contribution in [0.3, 0.4) is 0 Å². The number of hydrogen-bond acceptors (Lipinski definition) is 11. The van der Waals surface area contributed by atoms with Crippen LogP contribution in [0.25, 0.3) is 5.69 Å². The Labute approximate surface area is 212 Å². The summed E-state index contributed by atoms with van der Waals surface area (Å²) in [5, 5.41) is 12.3. The molecule has 1 heterocycles. The number of carbonyl (C=O) groups excluding carboxylic acids is 2. The molecule has 0 aliphatic heterocycles. The maximum atomic E-state index is 12.9. The fraction of sp³-hybridized carbons (Fsp3) is 0.318. The van der Waals surface area contributed by atoms with Crippen LogP contribution < -0.4 is 4.72 Å². The molecule has 0 aliphatic carbocycles. The van der Waals surface area contributed by atoms with Crippen LogP contribution in [0.4, 0.5) is 5.69 Å². The molecule has 0 aliphatic rings. The molecule has 14 heteroatoms. The Morgan fingerprint density at radius 1 is 1.06 bits per heavy atom. The Morgan fingerprint density at radius 3 is 2.28 bits per heavy atom. The van der Waals surface area contributed by atoms with Crippen molar-refractivity contribution in [2.75, 3.05) is 24.7 Å². The van der Waals surface area contributed by atoms with Crippen LogP contribution in [-0.4, -0.2) is 65.1 Å². The fourth-order valence-corrected chi connectivity index (χ4v) is 4.89. The average Bonchev–Trinajstić information content (AvgIpc) is 3.34. The number of methoxy groups -OCH3 is 2. The molecule has 0 bridgehead atoms. The molecule has 12 nitrogen and oxygen atoms in total. The summed E-state index contributed by atoms with van der Waals surface area (Å²) in [5.74, 6) is -1.01. The third-order valence-corrected chi connectivity index (χ3v) is 6.77. The number of ether oxygens (including phenoxy) is 2. The summed E-state index contributed by atoms with van der Waals surface area (Å²) >= 11 is 1.37. The SMILES string of the molecule is COC(=O)C(CCCSc1nnnn1-c1ccccc1)(Cc1ccc(NS(=O)(=O)[O-])cc1)C(=O)OC. The van der Waals surface area contributed by atoms with Crippen molar-refractivity contribution in [1.82, 2.24) is 20.2 Å². The van der Waals surface area contributed by atoms with Crippen molar-refractivity contribution in [1.29, 1.82) is 0 Å². The van der Waals surface area contributed by atoms with Gasteiger partial charge in [0, 0.05) is 11.4 Å². The van der Waals surface area contributed by atoms with Crippen molar-refractivity contribution >= 4 is 39.7 Å². The van der Waals surface area contributed by atoms with Crippen LogP contribution in [0.1, 0.15) is 18.4 Å². The molecule has 192 valence electrons. The molecule has 0 radical (unpaired) electrons. The largest absolute Gasteiger partial charge is 0.731 e. The monoisotopic (exact) mass is 534 g/mol. The molecule has 3 aromatic rings. The summed E-state index contributed by atoms with van der Waals surface area (Å²) in [5.41, 5.74) is -0.232. The van der Waals surface area contributed by atoms with E-state index in [-0.39, 0.29) is 18.5 Å². The minimum absolute atomic E-state index is 0.0524. The van der Waals surface area contributed by atoms with Gasteiger partial charge in [-0.1, -0.05) is 42.1 Å². The molecule has 3 rings (SSSR count). The molecule has 0 amide bonds. The number of anilines is 1. The third kappa shape index (κ3) is 6.80. The zero-order valence-corrected chi connectivity index (χ0v) is 21.1. The number of thioether (sulfide) groups is 1. The summed E-state index contributed by atoms with van der Waals surface area (Å²) in [6, 6.07) is 15.1. The van der Waals surface area contributed by atoms with Crippen molar-refractivity contribution in [3.8, 4) is 5.69 Å². The molecule has 1 N–H and O–H groups in total. The van der Waals surface area contributed by atoms with Crippen molar-refractivity contribution in [2.45, 2.75) is 24.4 Å². The van der Waals surface area contributed by atoms with Crippen LogP contribution in [0.2, 0.25) is 0 Å². The smallest absolute Gasteiger partial charge is 0.323 e. The first-order valence-electron chi connectivity index (χ1n) is 10.6. The molecule has 0 saturated carbocycles. The number of nitrogens with zero attached hydrogens (tertiary/aromatic N) is 4. The van der Waals surface area contributed by atoms with Crippen molar-refractivity contribution < 1.29 is 32.0 Å². The second kappa shape index (κ2) is 12.0. The lowest BCUT2D eigenvalue weighted by molar-refractivity contribution is -0.169. The summed E-state index contributed by atoms with van der Waals surface area (Å²) in [6.45, 7) is 0. The minimum atomic E-state index is -4.68. The van der Waals surface area contributed by atoms with Gasteiger partial charge in [0.15, 0.2) is 15.7 Å². The Bertz CT molecular complexity index is 1270. The highest BCUT2D eigenvalue weighted by atomic mass is 32.2. The van der Waals surface area contributed by atoms with E-state index in [2.05, 4.69) is 15.5 Å². The van der Waals surface area contributed by atoms with Gasteiger partial charge in [0.05, 0.1) is 19.9 Å². The van der Waals surface area contributed by atoms with E-state index in [1.165, 1.54) is 50.2 Å². The van der Waals surface area contributed by atoms with Gasteiger partial charge in [0.1, 0.15) is 0 Å². The van der Waals surface area contributed by atoms with Crippen LogP contribution in [-0.2, 0) is 35.8 Å². The lowest BCUT2D eigenvalue weighted by atomic mass is 9.77. The third-order valence-electron chi connectivity index (χ3n) is 5.28. The second-order valence-electron chi connectivity index (χ2n) is 7.66. The summed E-state index contributed by atoms with van der Waals surface area (Å²) in [4.78, 5) is 25.7. The predicted octanol–water partition coefficient (Wildman–Crippen LogP) is 1.98. The standard InChI is InChI=1S/C22H25N5O7S2/c1-33-19(28)22(20(29)34-2,15-16-9-11-17(12-10-16)24-36(30,31)32)13-6-14-35-21-23-25-26-27(21)18-7-4-3-5-8-18/h3-5,7-12,24H,6,13-15H2,1-2H3,(H,30,31,32)/p-1. The first-order valence-corrected chi connectivity index (χ1v) is 13.0. The van der Waals surface area contributed by atoms with Crippen molar-refractivity contribution in [3.63, 3.8) is 0 Å². The van der Waals surface area contributed by atoms with Crippen LogP contribution in [0.5, 0.6) is 0 Å². The summed E-state index contributed by atoms with van der Waals surface area (Å²) in [6.07, 6.45) is 0.481. The first kappa shape index (κ1) is 27.1. The van der Waals surface area contributed by atoms with Crippen molar-refractivity contribution in [3.05, 3.63) is 60.2 Å². The molecule has 0 fully saturated rings. The maximum absolute atomic E-state index is 12.9. The molecule has 1 aromatic heterocycles. The topological polar surface area (TPSA) is 165 Å². The Kier molecular flexibility index (Phi) is 9.01. The van der Waals surface area contributed by atoms with Gasteiger partial charge < -0.3 is 14.0 Å². The van der Waals surface area contributed by atoms with Crippen molar-refractivity contribution in [2.24, 2.45) is 5.41 Å². The maximum Gasteiger partial charge on any atom is 0.323 e. The number of rotatable bonds is 12. The molecular weight excluding hydrogens is 510 g/mol. The quantitative estimate of drug-likeness (QED) is 0.119. The molecule has 0 saturated heterocycles. The van der Waals surface area contributed by atoms with E-state index < -0.39 is 27.7 Å². The number of benzene rings is 2. The highest BCUT2D eigenvalue weighted by Crippen LogP contribution is 2.34. The van der Waals surface area contributed by atoms with Gasteiger partial charge in [0.25, 0.3) is 0 Å². The predicted molar refractivity (Wildman–Crippen MR) is 129 cm³/mol. The fourth-order valence-electron chi connectivity index (χ4n) is 3.63. The van der Waals surface area contributed by atoms with Gasteiger partial charge in [-0.3, -0.25) is 14.3 Å². The Balaban J connectivity index is 1.74. The zero-order valence-electron chi connectivity index (χ0n) is 19.5. The van der Waals surface area contributed by atoms with E-state index in [1.54, 1.807) is 4.68 Å². The zero-order chi connectivity index (χ0) is 26.2. The number of esters is 2. The lowest BCUT2D eigenvalue weighted by Gasteiger charge is -2.28. The molecule has 2 aromatic carbocycles. The highest BCUT2D eigenvalue weighted by Gasteiger charge is 2.48. The molecule has 0 atom stereocenters. The van der Waals surface area contributed by atoms with E-state index in [4.69, 9.17) is 9.47 Å².